The van der Waals surface area contributed by atoms with Crippen LogP contribution in [0.4, 0.5) is 0 Å². The minimum Gasteiger partial charge on any atom is -0.492 e. The molecule has 19 heavy (non-hydrogen) atoms. The molecule has 0 unspecified atom stereocenters. The van der Waals surface area contributed by atoms with Crippen molar-refractivity contribution in [1.82, 2.24) is 5.32 Å². The maximum Gasteiger partial charge on any atom is 0.251 e. The van der Waals surface area contributed by atoms with Crippen molar-refractivity contribution in [2.45, 2.75) is 6.92 Å². The van der Waals surface area contributed by atoms with Crippen LogP contribution in [0.15, 0.2) is 16.6 Å². The van der Waals surface area contributed by atoms with Gasteiger partial charge in [-0.1, -0.05) is 0 Å². The third kappa shape index (κ3) is 4.40. The first-order chi connectivity index (χ1) is 9.13. The van der Waals surface area contributed by atoms with E-state index in [2.05, 4.69) is 21.2 Å². The summed E-state index contributed by atoms with van der Waals surface area (Å²) in [5, 5.41) is 2.75. The number of hydrogen-bond donors (Lipinski definition) is 1. The summed E-state index contributed by atoms with van der Waals surface area (Å²) in [7, 11) is 3.14. The van der Waals surface area contributed by atoms with E-state index in [0.29, 0.717) is 41.3 Å². The van der Waals surface area contributed by atoms with E-state index >= 15 is 0 Å². The number of hydrogen-bond acceptors (Lipinski definition) is 4. The molecule has 1 aromatic carbocycles. The molecule has 1 rings (SSSR count). The summed E-state index contributed by atoms with van der Waals surface area (Å²) >= 11 is 3.37. The second-order valence-electron chi connectivity index (χ2n) is 3.67. The quantitative estimate of drug-likeness (QED) is 0.778. The fraction of sp³-hybridized carbons (Fsp3) is 0.462. The van der Waals surface area contributed by atoms with Gasteiger partial charge in [0.1, 0.15) is 0 Å². The molecule has 1 N–H and O–H groups in total. The average molecular weight is 332 g/mol. The molecule has 1 amide bonds. The predicted octanol–water partition coefficient (Wildman–Crippen LogP) is 2.23. The molecule has 0 saturated heterocycles. The maximum absolute atomic E-state index is 11.9. The van der Waals surface area contributed by atoms with Crippen LogP contribution in [0.25, 0.3) is 0 Å². The molecule has 0 saturated carbocycles. The van der Waals surface area contributed by atoms with E-state index in [0.717, 1.165) is 0 Å². The molecule has 5 nitrogen and oxygen atoms in total. The number of methoxy groups -OCH3 is 2. The van der Waals surface area contributed by atoms with Crippen LogP contribution < -0.4 is 14.8 Å². The summed E-state index contributed by atoms with van der Waals surface area (Å²) in [6.07, 6.45) is 0. The monoisotopic (exact) mass is 331 g/mol. The number of carbonyl (C=O) groups is 1. The van der Waals surface area contributed by atoms with Crippen molar-refractivity contribution in [3.05, 3.63) is 22.2 Å². The molecule has 6 heteroatoms. The van der Waals surface area contributed by atoms with Gasteiger partial charge < -0.3 is 19.5 Å². The van der Waals surface area contributed by atoms with Crippen LogP contribution in [0, 0.1) is 0 Å². The first kappa shape index (κ1) is 15.8. The zero-order chi connectivity index (χ0) is 14.3. The largest absolute Gasteiger partial charge is 0.492 e. The summed E-state index contributed by atoms with van der Waals surface area (Å²) in [4.78, 5) is 11.9. The Kier molecular flexibility index (Phi) is 6.66. The van der Waals surface area contributed by atoms with Crippen LogP contribution in [-0.2, 0) is 4.74 Å². The molecule has 0 aliphatic heterocycles. The Labute approximate surface area is 121 Å². The smallest absolute Gasteiger partial charge is 0.251 e. The summed E-state index contributed by atoms with van der Waals surface area (Å²) in [6, 6.07) is 3.36. The van der Waals surface area contributed by atoms with E-state index in [9.17, 15) is 4.79 Å². The number of benzene rings is 1. The van der Waals surface area contributed by atoms with Gasteiger partial charge in [0.05, 0.1) is 24.8 Å². The molecule has 0 aliphatic carbocycles. The first-order valence-corrected chi connectivity index (χ1v) is 6.70. The average Bonchev–Trinajstić information content (AvgIpc) is 2.39. The number of ether oxygens (including phenoxy) is 3. The van der Waals surface area contributed by atoms with Crippen LogP contribution in [-0.4, -0.2) is 39.9 Å². The molecule has 0 aromatic heterocycles. The lowest BCUT2D eigenvalue weighted by Gasteiger charge is -2.13. The zero-order valence-corrected chi connectivity index (χ0v) is 12.9. The van der Waals surface area contributed by atoms with Gasteiger partial charge in [0.15, 0.2) is 11.5 Å². The molecular weight excluding hydrogens is 314 g/mol. The molecule has 106 valence electrons. The highest BCUT2D eigenvalue weighted by molar-refractivity contribution is 9.10. The fourth-order valence-corrected chi connectivity index (χ4v) is 2.13. The minimum atomic E-state index is -0.179. The van der Waals surface area contributed by atoms with Gasteiger partial charge in [-0.05, 0) is 35.0 Å². The molecule has 0 bridgehead atoms. The second-order valence-corrected chi connectivity index (χ2v) is 4.53. The van der Waals surface area contributed by atoms with Crippen molar-refractivity contribution in [3.8, 4) is 11.5 Å². The standard InChI is InChI=1S/C13H18BrNO4/c1-4-19-11-8-9(7-10(14)12(11)18-3)13(16)15-5-6-17-2/h7-8H,4-6H2,1-3H3,(H,15,16). The van der Waals surface area contributed by atoms with Crippen LogP contribution >= 0.6 is 15.9 Å². The van der Waals surface area contributed by atoms with Gasteiger partial charge in [0.2, 0.25) is 0 Å². The number of carbonyl (C=O) groups excluding carboxylic acids is 1. The van der Waals surface area contributed by atoms with E-state index in [1.54, 1.807) is 26.4 Å². The van der Waals surface area contributed by atoms with Gasteiger partial charge in [-0.15, -0.1) is 0 Å². The topological polar surface area (TPSA) is 56.8 Å². The molecule has 0 atom stereocenters. The summed E-state index contributed by atoms with van der Waals surface area (Å²) in [6.45, 7) is 3.31. The third-order valence-corrected chi connectivity index (χ3v) is 2.96. The van der Waals surface area contributed by atoms with Gasteiger partial charge in [-0.3, -0.25) is 4.79 Å². The Morgan fingerprint density at radius 1 is 1.37 bits per heavy atom. The highest BCUT2D eigenvalue weighted by Crippen LogP contribution is 2.36. The number of amides is 1. The molecule has 0 aliphatic rings. The minimum absolute atomic E-state index is 0.179. The summed E-state index contributed by atoms with van der Waals surface area (Å²) in [5.74, 6) is 0.938. The van der Waals surface area contributed by atoms with Crippen molar-refractivity contribution < 1.29 is 19.0 Å². The third-order valence-electron chi connectivity index (χ3n) is 2.37. The molecule has 0 heterocycles. The molecule has 1 aromatic rings. The lowest BCUT2D eigenvalue weighted by atomic mass is 10.2. The number of rotatable bonds is 7. The Morgan fingerprint density at radius 2 is 2.11 bits per heavy atom. The van der Waals surface area contributed by atoms with E-state index in [4.69, 9.17) is 14.2 Å². The van der Waals surface area contributed by atoms with Crippen LogP contribution in [0.5, 0.6) is 11.5 Å². The normalized spacial score (nSPS) is 10.1. The molecule has 0 spiro atoms. The van der Waals surface area contributed by atoms with Crippen LogP contribution in [0.1, 0.15) is 17.3 Å². The second kappa shape index (κ2) is 8.01. The van der Waals surface area contributed by atoms with Crippen LogP contribution in [0.3, 0.4) is 0 Å². The molecule has 0 fully saturated rings. The Hall–Kier alpha value is -1.27. The Balaban J connectivity index is 2.92. The van der Waals surface area contributed by atoms with Crippen molar-refractivity contribution in [2.24, 2.45) is 0 Å². The van der Waals surface area contributed by atoms with Gasteiger partial charge >= 0.3 is 0 Å². The van der Waals surface area contributed by atoms with E-state index in [1.807, 2.05) is 6.92 Å². The lowest BCUT2D eigenvalue weighted by Crippen LogP contribution is -2.27. The predicted molar refractivity (Wildman–Crippen MR) is 76.1 cm³/mol. The van der Waals surface area contributed by atoms with E-state index < -0.39 is 0 Å². The first-order valence-electron chi connectivity index (χ1n) is 5.91. The van der Waals surface area contributed by atoms with E-state index in [-0.39, 0.29) is 5.91 Å². The van der Waals surface area contributed by atoms with Gasteiger partial charge in [-0.2, -0.15) is 0 Å². The summed E-state index contributed by atoms with van der Waals surface area (Å²) < 4.78 is 16.3. The number of nitrogens with one attached hydrogen (secondary N) is 1. The Morgan fingerprint density at radius 3 is 2.68 bits per heavy atom. The Bertz CT molecular complexity index is 437. The van der Waals surface area contributed by atoms with Crippen LogP contribution in [0.2, 0.25) is 0 Å². The van der Waals surface area contributed by atoms with Crippen molar-refractivity contribution in [2.75, 3.05) is 34.0 Å². The number of halogens is 1. The van der Waals surface area contributed by atoms with Gasteiger partial charge in [-0.25, -0.2) is 0 Å². The summed E-state index contributed by atoms with van der Waals surface area (Å²) in [5.41, 5.74) is 0.507. The zero-order valence-electron chi connectivity index (χ0n) is 11.3. The highest BCUT2D eigenvalue weighted by Gasteiger charge is 2.14. The maximum atomic E-state index is 11.9. The SMILES string of the molecule is CCOc1cc(C(=O)NCCOC)cc(Br)c1OC. The van der Waals surface area contributed by atoms with Crippen molar-refractivity contribution in [1.29, 1.82) is 0 Å². The highest BCUT2D eigenvalue weighted by atomic mass is 79.9. The van der Waals surface area contributed by atoms with Crippen molar-refractivity contribution >= 4 is 21.8 Å². The molecule has 0 radical (unpaired) electrons. The lowest BCUT2D eigenvalue weighted by molar-refractivity contribution is 0.0936. The molecular formula is C13H18BrNO4. The van der Waals surface area contributed by atoms with Gasteiger partial charge in [0.25, 0.3) is 5.91 Å². The van der Waals surface area contributed by atoms with Gasteiger partial charge in [0, 0.05) is 19.2 Å². The van der Waals surface area contributed by atoms with E-state index in [1.165, 1.54) is 0 Å². The fourth-order valence-electron chi connectivity index (χ4n) is 1.53. The van der Waals surface area contributed by atoms with Crippen molar-refractivity contribution in [3.63, 3.8) is 0 Å².